The van der Waals surface area contributed by atoms with Crippen LogP contribution in [-0.4, -0.2) is 40.9 Å². The first-order valence-electron chi connectivity index (χ1n) is 7.51. The molecular weight excluding hydrogens is 336 g/mol. The molecule has 2 aliphatic rings. The van der Waals surface area contributed by atoms with Gasteiger partial charge >= 0.3 is 5.97 Å². The summed E-state index contributed by atoms with van der Waals surface area (Å²) in [6, 6.07) is 4.34. The molecule has 1 N–H and O–H groups in total. The largest absolute Gasteiger partial charge is 0.481 e. The number of aryl methyl sites for hydroxylation is 1. The smallest absolute Gasteiger partial charge is 0.308 e. The topological polar surface area (TPSA) is 87.6 Å². The molecule has 1 aromatic carbocycles. The summed E-state index contributed by atoms with van der Waals surface area (Å²) in [5.74, 6) is -1.48. The third kappa shape index (κ3) is 2.20. The maximum Gasteiger partial charge on any atom is 0.308 e. The monoisotopic (exact) mass is 352 g/mol. The highest BCUT2D eigenvalue weighted by molar-refractivity contribution is 7.89. The summed E-state index contributed by atoms with van der Waals surface area (Å²) in [7, 11) is -3.67. The summed E-state index contributed by atoms with van der Waals surface area (Å²) in [6.07, 6.45) is 1.79. The number of hydrogen-bond donors (Lipinski definition) is 1. The van der Waals surface area contributed by atoms with Crippen LogP contribution in [-0.2, 0) is 14.8 Å². The van der Waals surface area contributed by atoms with Crippen molar-refractivity contribution in [1.29, 1.82) is 0 Å². The number of rotatable bonds is 3. The summed E-state index contributed by atoms with van der Waals surface area (Å²) in [4.78, 5) is 15.9. The Hall–Kier alpha value is -1.51. The number of thiazole rings is 1. The van der Waals surface area contributed by atoms with Crippen LogP contribution in [0.3, 0.4) is 0 Å². The van der Waals surface area contributed by atoms with Gasteiger partial charge in [-0.05, 0) is 44.4 Å². The van der Waals surface area contributed by atoms with Crippen molar-refractivity contribution in [1.82, 2.24) is 9.29 Å². The Kier molecular flexibility index (Phi) is 3.26. The maximum atomic E-state index is 13.0. The first-order valence-corrected chi connectivity index (χ1v) is 9.77. The van der Waals surface area contributed by atoms with Gasteiger partial charge in [0.1, 0.15) is 0 Å². The van der Waals surface area contributed by atoms with E-state index in [0.717, 1.165) is 21.6 Å². The van der Waals surface area contributed by atoms with Gasteiger partial charge in [-0.15, -0.1) is 11.3 Å². The van der Waals surface area contributed by atoms with Gasteiger partial charge in [0.25, 0.3) is 0 Å². The Labute approximate surface area is 137 Å². The Morgan fingerprint density at radius 1 is 1.39 bits per heavy atom. The molecule has 23 heavy (non-hydrogen) atoms. The Balaban J connectivity index is 1.76. The lowest BCUT2D eigenvalue weighted by Gasteiger charge is -2.22. The number of sulfonamides is 1. The van der Waals surface area contributed by atoms with E-state index in [9.17, 15) is 18.3 Å². The van der Waals surface area contributed by atoms with Crippen LogP contribution < -0.4 is 0 Å². The van der Waals surface area contributed by atoms with Gasteiger partial charge in [-0.2, -0.15) is 4.31 Å². The van der Waals surface area contributed by atoms with E-state index in [1.54, 1.807) is 18.2 Å². The molecule has 4 rings (SSSR count). The van der Waals surface area contributed by atoms with Gasteiger partial charge in [0.2, 0.25) is 10.0 Å². The average Bonchev–Trinajstić information content (AvgIpc) is 3.16. The number of hydrogen-bond acceptors (Lipinski definition) is 5. The minimum atomic E-state index is -3.67. The number of carboxylic acids is 1. The molecule has 2 saturated heterocycles. The molecule has 0 aliphatic carbocycles. The first-order chi connectivity index (χ1) is 10.9. The van der Waals surface area contributed by atoms with Crippen molar-refractivity contribution >= 4 is 37.5 Å². The van der Waals surface area contributed by atoms with Crippen molar-refractivity contribution in [2.45, 2.75) is 43.2 Å². The zero-order valence-electron chi connectivity index (χ0n) is 12.5. The molecule has 2 bridgehead atoms. The molecule has 0 spiro atoms. The molecule has 122 valence electrons. The van der Waals surface area contributed by atoms with Crippen LogP contribution in [0.5, 0.6) is 0 Å². The molecule has 2 aliphatic heterocycles. The zero-order chi connectivity index (χ0) is 16.4. The zero-order valence-corrected chi connectivity index (χ0v) is 14.1. The predicted octanol–water partition coefficient (Wildman–Crippen LogP) is 2.23. The predicted molar refractivity (Wildman–Crippen MR) is 85.9 cm³/mol. The SMILES string of the molecule is Cc1nc2ccc(S(=O)(=O)N3C4CCC3C(C(=O)O)C4)cc2s1. The second-order valence-corrected chi connectivity index (χ2v) is 9.25. The standard InChI is InChI=1S/C15H16N2O4S2/c1-8-16-12-4-3-10(7-14(12)22-8)23(20,21)17-9-2-5-13(17)11(6-9)15(18)19/h3-4,7,9,11,13H,2,5-6H2,1H3,(H,18,19). The van der Waals surface area contributed by atoms with Gasteiger partial charge in [0, 0.05) is 12.1 Å². The summed E-state index contributed by atoms with van der Waals surface area (Å²) < 4.78 is 28.3. The van der Waals surface area contributed by atoms with E-state index >= 15 is 0 Å². The minimum Gasteiger partial charge on any atom is -0.481 e. The lowest BCUT2D eigenvalue weighted by Crippen LogP contribution is -2.37. The normalized spacial score (nSPS) is 27.8. The third-order valence-electron chi connectivity index (χ3n) is 4.83. The summed E-state index contributed by atoms with van der Waals surface area (Å²) in [5, 5.41) is 10.2. The van der Waals surface area contributed by atoms with Crippen molar-refractivity contribution in [2.24, 2.45) is 5.92 Å². The molecule has 3 heterocycles. The Bertz CT molecular complexity index is 905. The van der Waals surface area contributed by atoms with Crippen LogP contribution in [0, 0.1) is 12.8 Å². The van der Waals surface area contributed by atoms with Crippen molar-refractivity contribution in [3.05, 3.63) is 23.2 Å². The van der Waals surface area contributed by atoms with Crippen molar-refractivity contribution in [3.63, 3.8) is 0 Å². The lowest BCUT2D eigenvalue weighted by atomic mass is 9.89. The molecule has 1 aromatic heterocycles. The van der Waals surface area contributed by atoms with Crippen LogP contribution in [0.4, 0.5) is 0 Å². The molecule has 0 radical (unpaired) electrons. The van der Waals surface area contributed by atoms with Crippen molar-refractivity contribution in [3.8, 4) is 0 Å². The summed E-state index contributed by atoms with van der Waals surface area (Å²) in [5.41, 5.74) is 0.791. The number of fused-ring (bicyclic) bond motifs is 3. The minimum absolute atomic E-state index is 0.190. The number of aromatic nitrogens is 1. The average molecular weight is 352 g/mol. The highest BCUT2D eigenvalue weighted by atomic mass is 32.2. The van der Waals surface area contributed by atoms with E-state index in [2.05, 4.69) is 4.98 Å². The van der Waals surface area contributed by atoms with Gasteiger partial charge < -0.3 is 5.11 Å². The molecule has 0 saturated carbocycles. The molecule has 3 atom stereocenters. The van der Waals surface area contributed by atoms with Crippen LogP contribution in [0.25, 0.3) is 10.2 Å². The fourth-order valence-electron chi connectivity index (χ4n) is 3.88. The van der Waals surface area contributed by atoms with Gasteiger partial charge in [-0.3, -0.25) is 4.79 Å². The van der Waals surface area contributed by atoms with E-state index in [1.165, 1.54) is 15.6 Å². The van der Waals surface area contributed by atoms with E-state index in [4.69, 9.17) is 0 Å². The number of nitrogens with zero attached hydrogens (tertiary/aromatic N) is 2. The summed E-state index contributed by atoms with van der Waals surface area (Å²) in [6.45, 7) is 1.89. The van der Waals surface area contributed by atoms with E-state index in [-0.39, 0.29) is 10.9 Å². The van der Waals surface area contributed by atoms with E-state index < -0.39 is 28.0 Å². The van der Waals surface area contributed by atoms with Crippen LogP contribution in [0.15, 0.2) is 23.1 Å². The van der Waals surface area contributed by atoms with E-state index in [1.807, 2.05) is 6.92 Å². The molecule has 3 unspecified atom stereocenters. The van der Waals surface area contributed by atoms with E-state index in [0.29, 0.717) is 12.8 Å². The van der Waals surface area contributed by atoms with Gasteiger partial charge in [-0.1, -0.05) is 0 Å². The molecular formula is C15H16N2O4S2. The Morgan fingerprint density at radius 2 is 2.17 bits per heavy atom. The van der Waals surface area contributed by atoms with Crippen LogP contribution in [0.2, 0.25) is 0 Å². The van der Waals surface area contributed by atoms with Crippen LogP contribution in [0.1, 0.15) is 24.3 Å². The molecule has 2 aromatic rings. The Morgan fingerprint density at radius 3 is 2.87 bits per heavy atom. The quantitative estimate of drug-likeness (QED) is 0.915. The number of carbonyl (C=O) groups is 1. The lowest BCUT2D eigenvalue weighted by molar-refractivity contribution is -0.142. The molecule has 2 fully saturated rings. The molecule has 8 heteroatoms. The van der Waals surface area contributed by atoms with Crippen molar-refractivity contribution in [2.75, 3.05) is 0 Å². The number of carboxylic acid groups (broad SMARTS) is 1. The molecule has 6 nitrogen and oxygen atoms in total. The second-order valence-electron chi connectivity index (χ2n) is 6.18. The first kappa shape index (κ1) is 15.0. The third-order valence-corrected chi connectivity index (χ3v) is 7.74. The highest BCUT2D eigenvalue weighted by Gasteiger charge is 2.54. The fourth-order valence-corrected chi connectivity index (χ4v) is 6.77. The highest BCUT2D eigenvalue weighted by Crippen LogP contribution is 2.45. The second kappa shape index (κ2) is 4.99. The van der Waals surface area contributed by atoms with Gasteiger partial charge in [-0.25, -0.2) is 13.4 Å². The van der Waals surface area contributed by atoms with Crippen molar-refractivity contribution < 1.29 is 18.3 Å². The number of aliphatic carboxylic acids is 1. The van der Waals surface area contributed by atoms with Crippen LogP contribution >= 0.6 is 11.3 Å². The molecule has 0 amide bonds. The van der Waals surface area contributed by atoms with Gasteiger partial charge in [0.15, 0.2) is 0 Å². The van der Waals surface area contributed by atoms with Gasteiger partial charge in [0.05, 0.1) is 26.0 Å². The summed E-state index contributed by atoms with van der Waals surface area (Å²) >= 11 is 1.46. The maximum absolute atomic E-state index is 13.0. The fraction of sp³-hybridized carbons (Fsp3) is 0.467. The number of benzene rings is 1.